The number of hydrogen-bond acceptors (Lipinski definition) is 4. The number of nitrogens with zero attached hydrogens (tertiary/aromatic N) is 2. The van der Waals surface area contributed by atoms with E-state index in [1.165, 1.54) is 30.0 Å². The van der Waals surface area contributed by atoms with E-state index >= 15 is 0 Å². The van der Waals surface area contributed by atoms with Crippen molar-refractivity contribution in [3.8, 4) is 5.75 Å². The fraction of sp³-hybridized carbons (Fsp3) is 0.333. The molecule has 9 heteroatoms. The van der Waals surface area contributed by atoms with E-state index in [-0.39, 0.29) is 23.1 Å². The summed E-state index contributed by atoms with van der Waals surface area (Å²) in [5.41, 5.74) is 1.19. The van der Waals surface area contributed by atoms with Crippen LogP contribution in [0.15, 0.2) is 48.5 Å². The van der Waals surface area contributed by atoms with Gasteiger partial charge in [-0.2, -0.15) is 8.78 Å². The Bertz CT molecular complexity index is 875. The molecule has 0 aliphatic carbocycles. The summed E-state index contributed by atoms with van der Waals surface area (Å²) in [5, 5.41) is 0.677. The zero-order valence-corrected chi connectivity index (χ0v) is 17.7. The van der Waals surface area contributed by atoms with E-state index in [0.717, 1.165) is 5.56 Å². The van der Waals surface area contributed by atoms with Gasteiger partial charge < -0.3 is 14.5 Å². The molecule has 1 heterocycles. The van der Waals surface area contributed by atoms with E-state index < -0.39 is 6.61 Å². The molecule has 0 saturated carbocycles. The Kier molecular flexibility index (Phi) is 7.93. The van der Waals surface area contributed by atoms with Gasteiger partial charge in [-0.15, -0.1) is 11.8 Å². The maximum absolute atomic E-state index is 12.7. The summed E-state index contributed by atoms with van der Waals surface area (Å²) in [6, 6.07) is 13.4. The smallest absolute Gasteiger partial charge is 0.387 e. The highest BCUT2D eigenvalue weighted by Crippen LogP contribution is 2.23. The van der Waals surface area contributed by atoms with Crippen molar-refractivity contribution < 1.29 is 23.1 Å². The average molecular weight is 455 g/mol. The molecule has 160 valence electrons. The standard InChI is InChI=1S/C21H21ClF2N2O3S/c22-16-7-5-15(6-8-16)13-30-14-19(27)25-9-11-26(12-10-25)20(28)17-3-1-2-4-18(17)29-21(23)24/h1-8,21H,9-14H2. The van der Waals surface area contributed by atoms with Crippen molar-refractivity contribution in [1.82, 2.24) is 9.80 Å². The first-order valence-electron chi connectivity index (χ1n) is 9.37. The van der Waals surface area contributed by atoms with E-state index in [9.17, 15) is 18.4 Å². The van der Waals surface area contributed by atoms with Gasteiger partial charge >= 0.3 is 6.61 Å². The van der Waals surface area contributed by atoms with E-state index in [2.05, 4.69) is 4.74 Å². The van der Waals surface area contributed by atoms with Crippen LogP contribution in [-0.4, -0.2) is 60.2 Å². The predicted molar refractivity (Wildman–Crippen MR) is 113 cm³/mol. The molecule has 0 aromatic heterocycles. The molecule has 0 radical (unpaired) electrons. The molecule has 2 amide bonds. The summed E-state index contributed by atoms with van der Waals surface area (Å²) in [5.74, 6) is 0.553. The Morgan fingerprint density at radius 3 is 2.30 bits per heavy atom. The Hall–Kier alpha value is -2.32. The molecule has 3 rings (SSSR count). The molecule has 0 spiro atoms. The first-order chi connectivity index (χ1) is 14.4. The second-order valence-corrected chi connectivity index (χ2v) is 8.09. The van der Waals surface area contributed by atoms with Crippen molar-refractivity contribution in [1.29, 1.82) is 0 Å². The molecule has 0 atom stereocenters. The highest BCUT2D eigenvalue weighted by Gasteiger charge is 2.26. The topological polar surface area (TPSA) is 49.9 Å². The molecule has 5 nitrogen and oxygen atoms in total. The minimum absolute atomic E-state index is 0.0162. The van der Waals surface area contributed by atoms with Gasteiger partial charge in [-0.05, 0) is 29.8 Å². The number of hydrogen-bond donors (Lipinski definition) is 0. The molecule has 1 fully saturated rings. The van der Waals surface area contributed by atoms with Crippen LogP contribution in [0.5, 0.6) is 5.75 Å². The van der Waals surface area contributed by atoms with Crippen molar-refractivity contribution in [2.75, 3.05) is 31.9 Å². The fourth-order valence-electron chi connectivity index (χ4n) is 3.10. The molecule has 2 aromatic carbocycles. The SMILES string of the molecule is O=C(CSCc1ccc(Cl)cc1)N1CCN(C(=O)c2ccccc2OC(F)F)CC1. The average Bonchev–Trinajstić information content (AvgIpc) is 2.75. The zero-order valence-electron chi connectivity index (χ0n) is 16.1. The van der Waals surface area contributed by atoms with Crippen molar-refractivity contribution in [2.45, 2.75) is 12.4 Å². The zero-order chi connectivity index (χ0) is 21.5. The first-order valence-corrected chi connectivity index (χ1v) is 10.9. The predicted octanol–water partition coefficient (Wildman–Crippen LogP) is 4.16. The van der Waals surface area contributed by atoms with Gasteiger partial charge in [0.2, 0.25) is 5.91 Å². The van der Waals surface area contributed by atoms with Crippen LogP contribution < -0.4 is 4.74 Å². The van der Waals surface area contributed by atoms with Crippen molar-refractivity contribution in [3.05, 3.63) is 64.7 Å². The summed E-state index contributed by atoms with van der Waals surface area (Å²) < 4.78 is 29.6. The number of amides is 2. The number of alkyl halides is 2. The first kappa shape index (κ1) is 22.4. The number of para-hydroxylation sites is 1. The Balaban J connectivity index is 1.48. The second-order valence-electron chi connectivity index (χ2n) is 6.67. The number of rotatable bonds is 7. The molecule has 0 N–H and O–H groups in total. The van der Waals surface area contributed by atoms with Crippen LogP contribution in [0, 0.1) is 0 Å². The van der Waals surface area contributed by atoms with Crippen molar-refractivity contribution >= 4 is 35.2 Å². The summed E-state index contributed by atoms with van der Waals surface area (Å²) >= 11 is 7.39. The van der Waals surface area contributed by atoms with Gasteiger partial charge in [0.1, 0.15) is 5.75 Å². The van der Waals surface area contributed by atoms with E-state index in [1.54, 1.807) is 15.9 Å². The minimum atomic E-state index is -3.00. The largest absolute Gasteiger partial charge is 0.434 e. The van der Waals surface area contributed by atoms with Crippen LogP contribution in [0.3, 0.4) is 0 Å². The second kappa shape index (κ2) is 10.6. The number of carbonyl (C=O) groups excluding carboxylic acids is 2. The number of halogens is 3. The van der Waals surface area contributed by atoms with Crippen LogP contribution in [0.1, 0.15) is 15.9 Å². The van der Waals surface area contributed by atoms with E-state index in [1.807, 2.05) is 24.3 Å². The maximum atomic E-state index is 12.7. The van der Waals surface area contributed by atoms with Gasteiger partial charge in [0.05, 0.1) is 11.3 Å². The normalized spacial score (nSPS) is 14.1. The Morgan fingerprint density at radius 1 is 1.00 bits per heavy atom. The number of ether oxygens (including phenoxy) is 1. The third-order valence-corrected chi connectivity index (χ3v) is 5.90. The maximum Gasteiger partial charge on any atom is 0.387 e. The molecule has 1 saturated heterocycles. The number of piperazine rings is 1. The lowest BCUT2D eigenvalue weighted by Gasteiger charge is -2.35. The monoisotopic (exact) mass is 454 g/mol. The summed E-state index contributed by atoms with van der Waals surface area (Å²) in [6.45, 7) is -1.50. The van der Waals surface area contributed by atoms with Gasteiger partial charge in [-0.3, -0.25) is 9.59 Å². The third kappa shape index (κ3) is 6.09. The van der Waals surface area contributed by atoms with Crippen molar-refractivity contribution in [2.24, 2.45) is 0 Å². The highest BCUT2D eigenvalue weighted by molar-refractivity contribution is 7.99. The highest BCUT2D eigenvalue weighted by atomic mass is 35.5. The molecule has 0 bridgehead atoms. The molecule has 1 aliphatic rings. The number of thioether (sulfide) groups is 1. The third-order valence-electron chi connectivity index (χ3n) is 4.66. The Labute approximate surface area is 182 Å². The van der Waals surface area contributed by atoms with Gasteiger partial charge in [0, 0.05) is 37.0 Å². The Morgan fingerprint density at radius 2 is 1.63 bits per heavy atom. The summed E-state index contributed by atoms with van der Waals surface area (Å²) in [6.07, 6.45) is 0. The molecule has 1 aliphatic heterocycles. The minimum Gasteiger partial charge on any atom is -0.434 e. The summed E-state index contributed by atoms with van der Waals surface area (Å²) in [4.78, 5) is 28.4. The van der Waals surface area contributed by atoms with Gasteiger partial charge in [-0.25, -0.2) is 0 Å². The molecular formula is C21H21ClF2N2O3S. The summed E-state index contributed by atoms with van der Waals surface area (Å²) in [7, 11) is 0. The van der Waals surface area contributed by atoms with Crippen LogP contribution >= 0.6 is 23.4 Å². The van der Waals surface area contributed by atoms with Crippen LogP contribution in [0.4, 0.5) is 8.78 Å². The lowest BCUT2D eigenvalue weighted by atomic mass is 10.1. The van der Waals surface area contributed by atoms with Gasteiger partial charge in [0.15, 0.2) is 0 Å². The van der Waals surface area contributed by atoms with Crippen LogP contribution in [0.25, 0.3) is 0 Å². The molecule has 0 unspecified atom stereocenters. The quantitative estimate of drug-likeness (QED) is 0.630. The van der Waals surface area contributed by atoms with E-state index in [4.69, 9.17) is 11.6 Å². The lowest BCUT2D eigenvalue weighted by Crippen LogP contribution is -2.51. The van der Waals surface area contributed by atoms with Gasteiger partial charge in [0.25, 0.3) is 5.91 Å². The molecule has 2 aromatic rings. The van der Waals surface area contributed by atoms with Crippen molar-refractivity contribution in [3.63, 3.8) is 0 Å². The number of benzene rings is 2. The van der Waals surface area contributed by atoms with Crippen LogP contribution in [-0.2, 0) is 10.5 Å². The number of carbonyl (C=O) groups is 2. The van der Waals surface area contributed by atoms with E-state index in [0.29, 0.717) is 42.7 Å². The van der Waals surface area contributed by atoms with Gasteiger partial charge in [-0.1, -0.05) is 35.9 Å². The lowest BCUT2D eigenvalue weighted by molar-refractivity contribution is -0.129. The fourth-order valence-corrected chi connectivity index (χ4v) is 4.11. The molecular weight excluding hydrogens is 434 g/mol. The molecule has 30 heavy (non-hydrogen) atoms. The van der Waals surface area contributed by atoms with Crippen LogP contribution in [0.2, 0.25) is 5.02 Å².